The predicted octanol–water partition coefficient (Wildman–Crippen LogP) is 1.03. The number of phenolic OH excluding ortho intramolecular Hbond substituents is 2. The minimum Gasteiger partial charge on any atom is -0.504 e. The van der Waals surface area contributed by atoms with Gasteiger partial charge in [-0.1, -0.05) is 17.7 Å². The third-order valence-corrected chi connectivity index (χ3v) is 3.02. The van der Waals surface area contributed by atoms with Crippen molar-refractivity contribution in [2.75, 3.05) is 5.43 Å². The van der Waals surface area contributed by atoms with Crippen LogP contribution in [-0.4, -0.2) is 35.3 Å². The normalized spacial score (nSPS) is 10.8. The molecule has 0 saturated carbocycles. The second kappa shape index (κ2) is 4.82. The molecule has 102 valence electrons. The Balaban J connectivity index is 1.85. The molecule has 0 radical (unpaired) electrons. The number of benzene rings is 1. The molecule has 0 saturated heterocycles. The Hall–Kier alpha value is -2.61. The van der Waals surface area contributed by atoms with Crippen LogP contribution in [0, 0.1) is 0 Å². The number of fused-ring (bicyclic) bond motifs is 1. The Kier molecular flexibility index (Phi) is 2.99. The summed E-state index contributed by atoms with van der Waals surface area (Å²) in [6.07, 6.45) is 2.93. The van der Waals surface area contributed by atoms with Gasteiger partial charge < -0.3 is 15.6 Å². The predicted molar refractivity (Wildman–Crippen MR) is 71.0 cm³/mol. The van der Waals surface area contributed by atoms with E-state index in [1.807, 2.05) is 0 Å². The Morgan fingerprint density at radius 1 is 1.25 bits per heavy atom. The molecule has 0 unspecified atom stereocenters. The lowest BCUT2D eigenvalue weighted by Crippen LogP contribution is -2.16. The summed E-state index contributed by atoms with van der Waals surface area (Å²) in [6, 6.07) is 3.09. The number of hydrogen-bond acceptors (Lipinski definition) is 7. The van der Waals surface area contributed by atoms with Crippen LogP contribution < -0.4 is 5.43 Å². The number of phenols is 2. The molecule has 20 heavy (non-hydrogen) atoms. The summed E-state index contributed by atoms with van der Waals surface area (Å²) in [5.74, 6) is -0.624. The van der Waals surface area contributed by atoms with Crippen LogP contribution in [0.4, 0.5) is 0 Å². The lowest BCUT2D eigenvalue weighted by atomic mass is 10.2. The lowest BCUT2D eigenvalue weighted by molar-refractivity contribution is 0.399. The molecule has 0 amide bonds. The Morgan fingerprint density at radius 3 is 2.95 bits per heavy atom. The van der Waals surface area contributed by atoms with Gasteiger partial charge in [0.2, 0.25) is 5.65 Å². The first-order valence-corrected chi connectivity index (χ1v) is 5.99. The third-order valence-electron chi connectivity index (χ3n) is 2.72. The number of aromatic nitrogens is 5. The van der Waals surface area contributed by atoms with Gasteiger partial charge in [0.05, 0.1) is 17.8 Å². The molecule has 2 heterocycles. The molecule has 0 spiro atoms. The minimum absolute atomic E-state index is 0.0881. The average molecular weight is 293 g/mol. The van der Waals surface area contributed by atoms with Crippen LogP contribution in [0.3, 0.4) is 0 Å². The highest BCUT2D eigenvalue weighted by Crippen LogP contribution is 2.35. The molecule has 9 heteroatoms. The highest BCUT2D eigenvalue weighted by Gasteiger charge is 2.11. The summed E-state index contributed by atoms with van der Waals surface area (Å²) < 4.78 is 0. The van der Waals surface area contributed by atoms with Crippen molar-refractivity contribution in [1.82, 2.24) is 25.1 Å². The Morgan fingerprint density at radius 2 is 2.10 bits per heavy atom. The van der Waals surface area contributed by atoms with Gasteiger partial charge >= 0.3 is 0 Å². The standard InChI is InChI=1S/C11H9ClN6O2/c12-7-2-1-6(9(19)10(7)20)3-15-18-11-8(16-17-18)4-13-5-14-11/h1-2,4-5,15,19-20H,3H2. The number of nitrogens with one attached hydrogen (secondary N) is 1. The van der Waals surface area contributed by atoms with Crippen LogP contribution in [0.1, 0.15) is 5.56 Å². The van der Waals surface area contributed by atoms with E-state index < -0.39 is 0 Å². The maximum atomic E-state index is 9.77. The minimum atomic E-state index is -0.350. The molecule has 0 fully saturated rings. The molecular weight excluding hydrogens is 284 g/mol. The van der Waals surface area contributed by atoms with Gasteiger partial charge in [-0.15, -0.1) is 9.89 Å². The van der Waals surface area contributed by atoms with Crippen LogP contribution in [0.15, 0.2) is 24.7 Å². The molecule has 0 aliphatic heterocycles. The average Bonchev–Trinajstić information content (AvgIpc) is 2.87. The van der Waals surface area contributed by atoms with Crippen molar-refractivity contribution in [2.45, 2.75) is 6.54 Å². The van der Waals surface area contributed by atoms with E-state index >= 15 is 0 Å². The van der Waals surface area contributed by atoms with Gasteiger partial charge in [-0.3, -0.25) is 0 Å². The van der Waals surface area contributed by atoms with Gasteiger partial charge in [-0.2, -0.15) is 0 Å². The Labute approximate surface area is 117 Å². The maximum absolute atomic E-state index is 9.77. The second-order valence-corrected chi connectivity index (χ2v) is 4.38. The molecule has 3 rings (SSSR count). The fourth-order valence-electron chi connectivity index (χ4n) is 1.69. The number of halogens is 1. The summed E-state index contributed by atoms with van der Waals surface area (Å²) >= 11 is 5.69. The zero-order valence-corrected chi connectivity index (χ0v) is 10.8. The number of aromatic hydroxyl groups is 2. The molecule has 0 aliphatic carbocycles. The van der Waals surface area contributed by atoms with E-state index in [9.17, 15) is 10.2 Å². The van der Waals surface area contributed by atoms with Crippen molar-refractivity contribution >= 4 is 22.8 Å². The summed E-state index contributed by atoms with van der Waals surface area (Å²) in [6.45, 7) is 0.207. The van der Waals surface area contributed by atoms with E-state index in [0.717, 1.165) is 0 Å². The van der Waals surface area contributed by atoms with E-state index in [1.165, 1.54) is 17.2 Å². The summed E-state index contributed by atoms with van der Waals surface area (Å²) in [5, 5.41) is 27.2. The molecule has 2 aromatic heterocycles. The molecule has 1 aromatic carbocycles. The second-order valence-electron chi connectivity index (χ2n) is 3.97. The summed E-state index contributed by atoms with van der Waals surface area (Å²) in [4.78, 5) is 9.24. The van der Waals surface area contributed by atoms with Gasteiger partial charge in [0.15, 0.2) is 17.0 Å². The van der Waals surface area contributed by atoms with E-state index in [4.69, 9.17) is 11.6 Å². The zero-order valence-electron chi connectivity index (χ0n) is 10.0. The van der Waals surface area contributed by atoms with Crippen molar-refractivity contribution in [2.24, 2.45) is 0 Å². The molecule has 0 atom stereocenters. The van der Waals surface area contributed by atoms with Crippen LogP contribution in [0.25, 0.3) is 11.2 Å². The lowest BCUT2D eigenvalue weighted by Gasteiger charge is -2.09. The number of hydrogen-bond donors (Lipinski definition) is 3. The quantitative estimate of drug-likeness (QED) is 0.619. The largest absolute Gasteiger partial charge is 0.504 e. The van der Waals surface area contributed by atoms with E-state index in [2.05, 4.69) is 25.7 Å². The fourth-order valence-corrected chi connectivity index (χ4v) is 1.84. The van der Waals surface area contributed by atoms with Crippen LogP contribution >= 0.6 is 11.6 Å². The van der Waals surface area contributed by atoms with Crippen LogP contribution in [-0.2, 0) is 6.54 Å². The third kappa shape index (κ3) is 2.05. The van der Waals surface area contributed by atoms with Gasteiger partial charge in [0.25, 0.3) is 0 Å². The zero-order chi connectivity index (χ0) is 14.1. The van der Waals surface area contributed by atoms with Crippen molar-refractivity contribution in [3.8, 4) is 11.5 Å². The molecule has 0 bridgehead atoms. The first-order valence-electron chi connectivity index (χ1n) is 5.61. The summed E-state index contributed by atoms with van der Waals surface area (Å²) in [7, 11) is 0. The topological polar surface area (TPSA) is 109 Å². The molecule has 3 N–H and O–H groups in total. The number of rotatable bonds is 3. The SMILES string of the molecule is Oc1c(Cl)ccc(CNn2nnc3cncnc32)c1O. The van der Waals surface area contributed by atoms with Gasteiger partial charge in [0, 0.05) is 5.56 Å². The smallest absolute Gasteiger partial charge is 0.204 e. The Bertz CT molecular complexity index is 775. The first-order chi connectivity index (χ1) is 9.66. The van der Waals surface area contributed by atoms with E-state index in [-0.39, 0.29) is 23.1 Å². The van der Waals surface area contributed by atoms with Gasteiger partial charge in [-0.05, 0) is 11.3 Å². The van der Waals surface area contributed by atoms with Gasteiger partial charge in [0.1, 0.15) is 6.33 Å². The maximum Gasteiger partial charge on any atom is 0.204 e. The van der Waals surface area contributed by atoms with Crippen molar-refractivity contribution < 1.29 is 10.2 Å². The van der Waals surface area contributed by atoms with Crippen molar-refractivity contribution in [3.05, 3.63) is 35.2 Å². The fraction of sp³-hybridized carbons (Fsp3) is 0.0909. The van der Waals surface area contributed by atoms with Gasteiger partial charge in [-0.25, -0.2) is 9.97 Å². The highest BCUT2D eigenvalue weighted by molar-refractivity contribution is 6.32. The number of nitrogens with zero attached hydrogens (tertiary/aromatic N) is 5. The van der Waals surface area contributed by atoms with Crippen molar-refractivity contribution in [1.29, 1.82) is 0 Å². The molecule has 8 nitrogen and oxygen atoms in total. The highest BCUT2D eigenvalue weighted by atomic mass is 35.5. The molecular formula is C11H9ClN6O2. The first kappa shape index (κ1) is 12.4. The van der Waals surface area contributed by atoms with Crippen molar-refractivity contribution in [3.63, 3.8) is 0 Å². The van der Waals surface area contributed by atoms with Crippen LogP contribution in [0.2, 0.25) is 5.02 Å². The monoisotopic (exact) mass is 292 g/mol. The molecule has 0 aliphatic rings. The van der Waals surface area contributed by atoms with E-state index in [0.29, 0.717) is 16.7 Å². The van der Waals surface area contributed by atoms with E-state index in [1.54, 1.807) is 12.3 Å². The van der Waals surface area contributed by atoms with Crippen LogP contribution in [0.5, 0.6) is 11.5 Å². The molecule has 3 aromatic rings. The summed E-state index contributed by atoms with van der Waals surface area (Å²) in [5.41, 5.74) is 4.43.